The first-order chi connectivity index (χ1) is 14.9. The van der Waals surface area contributed by atoms with Gasteiger partial charge < -0.3 is 24.4 Å². The van der Waals surface area contributed by atoms with E-state index in [1.54, 1.807) is 26.1 Å². The molecule has 0 spiro atoms. The van der Waals surface area contributed by atoms with Crippen molar-refractivity contribution in [2.75, 3.05) is 40.9 Å². The number of benzene rings is 2. The van der Waals surface area contributed by atoms with Gasteiger partial charge in [0.05, 0.1) is 13.2 Å². The van der Waals surface area contributed by atoms with E-state index in [1.807, 2.05) is 36.4 Å². The Labute approximate surface area is 183 Å². The zero-order valence-corrected chi connectivity index (χ0v) is 18.3. The highest BCUT2D eigenvalue weighted by molar-refractivity contribution is 5.94. The van der Waals surface area contributed by atoms with Crippen LogP contribution >= 0.6 is 0 Å². The molecule has 0 aliphatic carbocycles. The number of rotatable bonds is 7. The van der Waals surface area contributed by atoms with E-state index in [1.165, 1.54) is 4.90 Å². The van der Waals surface area contributed by atoms with Crippen LogP contribution in [0.2, 0.25) is 0 Å². The van der Waals surface area contributed by atoms with Crippen LogP contribution in [-0.4, -0.2) is 67.8 Å². The van der Waals surface area contributed by atoms with Gasteiger partial charge in [-0.3, -0.25) is 4.79 Å². The van der Waals surface area contributed by atoms with E-state index in [0.717, 1.165) is 35.3 Å². The molecular weight excluding hydrogens is 396 g/mol. The number of piperidine rings is 1. The molecule has 7 heteroatoms. The summed E-state index contributed by atoms with van der Waals surface area (Å²) >= 11 is 0. The van der Waals surface area contributed by atoms with Gasteiger partial charge in [-0.2, -0.15) is 0 Å². The van der Waals surface area contributed by atoms with Crippen LogP contribution in [0.3, 0.4) is 0 Å². The summed E-state index contributed by atoms with van der Waals surface area (Å²) in [5.41, 5.74) is 3.65. The lowest BCUT2D eigenvalue weighted by Crippen LogP contribution is -2.38. The highest BCUT2D eigenvalue weighted by atomic mass is 16.5. The molecule has 0 atom stereocenters. The number of hydrogen-bond donors (Lipinski definition) is 1. The fraction of sp³-hybridized carbons (Fsp3) is 0.417. The second-order valence-electron chi connectivity index (χ2n) is 8.06. The largest absolute Gasteiger partial charge is 0.493 e. The molecule has 7 nitrogen and oxygen atoms in total. The van der Waals surface area contributed by atoms with Crippen molar-refractivity contribution >= 4 is 12.0 Å². The summed E-state index contributed by atoms with van der Waals surface area (Å²) in [5.74, 6) is 1.10. The molecule has 1 N–H and O–H groups in total. The van der Waals surface area contributed by atoms with Crippen molar-refractivity contribution in [1.29, 1.82) is 0 Å². The third-order valence-electron chi connectivity index (χ3n) is 5.59. The molecule has 0 aromatic heterocycles. The summed E-state index contributed by atoms with van der Waals surface area (Å²) < 4.78 is 11.5. The minimum atomic E-state index is -0.851. The normalized spacial score (nSPS) is 14.4. The number of ether oxygens (including phenoxy) is 2. The maximum atomic E-state index is 12.1. The highest BCUT2D eigenvalue weighted by Crippen LogP contribution is 2.29. The van der Waals surface area contributed by atoms with Crippen LogP contribution in [0.25, 0.3) is 11.1 Å². The molecule has 1 saturated heterocycles. The third-order valence-corrected chi connectivity index (χ3v) is 5.59. The lowest BCUT2D eigenvalue weighted by molar-refractivity contribution is 0.0827. The number of carboxylic acid groups (broad SMARTS) is 1. The highest BCUT2D eigenvalue weighted by Gasteiger charge is 2.23. The van der Waals surface area contributed by atoms with Crippen LogP contribution in [0, 0.1) is 5.92 Å². The van der Waals surface area contributed by atoms with Crippen molar-refractivity contribution in [3.63, 3.8) is 0 Å². The van der Waals surface area contributed by atoms with Crippen molar-refractivity contribution < 1.29 is 24.2 Å². The SMILES string of the molecule is COCc1cc(-c2ccc(C(=O)N(C)C)cc2)ccc1OCC1CCN(C(=O)O)CC1. The van der Waals surface area contributed by atoms with E-state index >= 15 is 0 Å². The molecule has 0 unspecified atom stereocenters. The van der Waals surface area contributed by atoms with Crippen LogP contribution in [0.5, 0.6) is 5.75 Å². The molecule has 0 saturated carbocycles. The van der Waals surface area contributed by atoms with Crippen molar-refractivity contribution in [1.82, 2.24) is 9.80 Å². The fourth-order valence-electron chi connectivity index (χ4n) is 3.73. The van der Waals surface area contributed by atoms with Gasteiger partial charge in [0.1, 0.15) is 5.75 Å². The molecule has 2 aromatic rings. The van der Waals surface area contributed by atoms with Crippen molar-refractivity contribution in [3.8, 4) is 16.9 Å². The second kappa shape index (κ2) is 10.3. The minimum Gasteiger partial charge on any atom is -0.493 e. The Morgan fingerprint density at radius 2 is 1.71 bits per heavy atom. The molecule has 31 heavy (non-hydrogen) atoms. The summed E-state index contributed by atoms with van der Waals surface area (Å²) in [5, 5.41) is 9.08. The Morgan fingerprint density at radius 1 is 1.06 bits per heavy atom. The number of methoxy groups -OCH3 is 1. The first-order valence-electron chi connectivity index (χ1n) is 10.4. The van der Waals surface area contributed by atoms with E-state index in [-0.39, 0.29) is 5.91 Å². The average molecular weight is 427 g/mol. The topological polar surface area (TPSA) is 79.3 Å². The predicted octanol–water partition coefficient (Wildman–Crippen LogP) is 3.97. The number of hydrogen-bond acceptors (Lipinski definition) is 4. The smallest absolute Gasteiger partial charge is 0.407 e. The van der Waals surface area contributed by atoms with Crippen LogP contribution < -0.4 is 4.74 Å². The van der Waals surface area contributed by atoms with Crippen LogP contribution in [0.4, 0.5) is 4.79 Å². The Balaban J connectivity index is 1.68. The van der Waals surface area contributed by atoms with E-state index in [9.17, 15) is 9.59 Å². The predicted molar refractivity (Wildman–Crippen MR) is 118 cm³/mol. The molecule has 1 heterocycles. The second-order valence-corrected chi connectivity index (χ2v) is 8.06. The molecule has 3 rings (SSSR count). The zero-order chi connectivity index (χ0) is 22.4. The van der Waals surface area contributed by atoms with Gasteiger partial charge in [0.2, 0.25) is 0 Å². The van der Waals surface area contributed by atoms with Gasteiger partial charge in [-0.15, -0.1) is 0 Å². The third kappa shape index (κ3) is 5.76. The maximum absolute atomic E-state index is 12.1. The molecule has 166 valence electrons. The summed E-state index contributed by atoms with van der Waals surface area (Å²) in [4.78, 5) is 26.2. The van der Waals surface area contributed by atoms with E-state index in [4.69, 9.17) is 14.6 Å². The lowest BCUT2D eigenvalue weighted by Gasteiger charge is -2.30. The van der Waals surface area contributed by atoms with Gasteiger partial charge in [0, 0.05) is 45.4 Å². The number of carbonyl (C=O) groups is 2. The van der Waals surface area contributed by atoms with Crippen molar-refractivity contribution in [2.24, 2.45) is 5.92 Å². The quantitative estimate of drug-likeness (QED) is 0.725. The minimum absolute atomic E-state index is 0.0236. The molecule has 1 aliphatic heterocycles. The fourth-order valence-corrected chi connectivity index (χ4v) is 3.73. The molecular formula is C24H30N2O5. The van der Waals surface area contributed by atoms with Gasteiger partial charge in [-0.05, 0) is 54.2 Å². The van der Waals surface area contributed by atoms with Gasteiger partial charge in [0.25, 0.3) is 5.91 Å². The molecule has 1 fully saturated rings. The van der Waals surface area contributed by atoms with Gasteiger partial charge >= 0.3 is 6.09 Å². The molecule has 1 aliphatic rings. The summed E-state index contributed by atoms with van der Waals surface area (Å²) in [6, 6.07) is 13.6. The molecule has 2 aromatic carbocycles. The standard InChI is InChI=1S/C24H30N2O5/c1-25(2)23(27)19-6-4-18(5-7-19)20-8-9-22(21(14-20)16-30-3)31-15-17-10-12-26(13-11-17)24(28)29/h4-9,14,17H,10-13,15-16H2,1-3H3,(H,28,29). The van der Waals surface area contributed by atoms with E-state index in [0.29, 0.717) is 37.8 Å². The van der Waals surface area contributed by atoms with Crippen LogP contribution in [-0.2, 0) is 11.3 Å². The molecule has 0 bridgehead atoms. The van der Waals surface area contributed by atoms with Gasteiger partial charge in [0.15, 0.2) is 0 Å². The number of carbonyl (C=O) groups excluding carboxylic acids is 1. The van der Waals surface area contributed by atoms with E-state index in [2.05, 4.69) is 6.07 Å². The Bertz CT molecular complexity index is 903. The van der Waals surface area contributed by atoms with Crippen LogP contribution in [0.1, 0.15) is 28.8 Å². The Hall–Kier alpha value is -3.06. The van der Waals surface area contributed by atoms with Gasteiger partial charge in [-0.1, -0.05) is 18.2 Å². The van der Waals surface area contributed by atoms with Crippen molar-refractivity contribution in [2.45, 2.75) is 19.4 Å². The molecule has 0 radical (unpaired) electrons. The van der Waals surface area contributed by atoms with Crippen molar-refractivity contribution in [3.05, 3.63) is 53.6 Å². The Morgan fingerprint density at radius 3 is 2.29 bits per heavy atom. The molecule has 2 amide bonds. The summed E-state index contributed by atoms with van der Waals surface area (Å²) in [6.45, 7) is 2.10. The zero-order valence-electron chi connectivity index (χ0n) is 18.3. The Kier molecular flexibility index (Phi) is 7.52. The number of nitrogens with zero attached hydrogens (tertiary/aromatic N) is 2. The number of amides is 2. The monoisotopic (exact) mass is 426 g/mol. The summed E-state index contributed by atoms with van der Waals surface area (Å²) in [6.07, 6.45) is 0.765. The maximum Gasteiger partial charge on any atom is 0.407 e. The first-order valence-corrected chi connectivity index (χ1v) is 10.4. The lowest BCUT2D eigenvalue weighted by atomic mass is 9.98. The first kappa shape index (κ1) is 22.6. The van der Waals surface area contributed by atoms with Gasteiger partial charge in [-0.25, -0.2) is 4.79 Å². The van der Waals surface area contributed by atoms with Crippen LogP contribution in [0.15, 0.2) is 42.5 Å². The summed E-state index contributed by atoms with van der Waals surface area (Å²) in [7, 11) is 5.13. The average Bonchev–Trinajstić information content (AvgIpc) is 2.78. The van der Waals surface area contributed by atoms with E-state index < -0.39 is 6.09 Å². The number of likely N-dealkylation sites (tertiary alicyclic amines) is 1.